The number of hydrogen-bond acceptors (Lipinski definition) is 4. The van der Waals surface area contributed by atoms with E-state index in [2.05, 4.69) is 15.6 Å². The number of nitrogens with one attached hydrogen (secondary N) is 2. The van der Waals surface area contributed by atoms with E-state index in [1.54, 1.807) is 12.1 Å². The van der Waals surface area contributed by atoms with Crippen LogP contribution in [-0.2, 0) is 11.3 Å². The van der Waals surface area contributed by atoms with Crippen LogP contribution in [0.3, 0.4) is 0 Å². The molecule has 1 amide bonds. The highest BCUT2D eigenvalue weighted by atomic mass is 32.1. The second-order valence-electron chi connectivity index (χ2n) is 5.37. The molecule has 0 aliphatic carbocycles. The summed E-state index contributed by atoms with van der Waals surface area (Å²) in [6.07, 6.45) is 2.95. The fourth-order valence-corrected chi connectivity index (χ4v) is 3.30. The topological polar surface area (TPSA) is 54.0 Å². The fourth-order valence-electron chi connectivity index (χ4n) is 2.48. The van der Waals surface area contributed by atoms with Gasteiger partial charge in [-0.05, 0) is 43.5 Å². The maximum Gasteiger partial charge on any atom is 0.237 e. The summed E-state index contributed by atoms with van der Waals surface area (Å²) >= 11 is 1.53. The van der Waals surface area contributed by atoms with Gasteiger partial charge in [-0.2, -0.15) is 0 Å². The number of carbonyl (C=O) groups excluding carboxylic acids is 1. The van der Waals surface area contributed by atoms with Crippen molar-refractivity contribution in [2.75, 3.05) is 6.54 Å². The molecule has 1 atom stereocenters. The van der Waals surface area contributed by atoms with Crippen LogP contribution in [-0.4, -0.2) is 23.5 Å². The normalized spacial score (nSPS) is 18.8. The summed E-state index contributed by atoms with van der Waals surface area (Å²) in [6, 6.07) is 6.18. The Morgan fingerprint density at radius 1 is 1.32 bits per heavy atom. The molecular formula is C16H18FN3OS. The second-order valence-corrected chi connectivity index (χ2v) is 6.23. The highest BCUT2D eigenvalue weighted by molar-refractivity contribution is 7.13. The van der Waals surface area contributed by atoms with Gasteiger partial charge in [0.15, 0.2) is 0 Å². The number of hydrogen-bond donors (Lipinski definition) is 2. The van der Waals surface area contributed by atoms with E-state index in [0.717, 1.165) is 42.1 Å². The van der Waals surface area contributed by atoms with E-state index < -0.39 is 0 Å². The van der Waals surface area contributed by atoms with Gasteiger partial charge in [0.05, 0.1) is 11.7 Å². The summed E-state index contributed by atoms with van der Waals surface area (Å²) in [5.74, 6) is -0.173. The Morgan fingerprint density at radius 2 is 2.14 bits per heavy atom. The van der Waals surface area contributed by atoms with Gasteiger partial charge in [-0.1, -0.05) is 0 Å². The Morgan fingerprint density at radius 3 is 2.95 bits per heavy atom. The molecule has 6 heteroatoms. The molecule has 2 N–H and O–H groups in total. The minimum Gasteiger partial charge on any atom is -0.355 e. The Balaban J connectivity index is 1.62. The molecule has 2 heterocycles. The number of amides is 1. The first-order chi connectivity index (χ1) is 10.7. The van der Waals surface area contributed by atoms with E-state index >= 15 is 0 Å². The van der Waals surface area contributed by atoms with Gasteiger partial charge in [0.2, 0.25) is 5.91 Å². The molecule has 0 unspecified atom stereocenters. The number of halogens is 1. The predicted molar refractivity (Wildman–Crippen MR) is 85.0 cm³/mol. The number of thiazole rings is 1. The van der Waals surface area contributed by atoms with E-state index in [4.69, 9.17) is 0 Å². The van der Waals surface area contributed by atoms with Crippen LogP contribution in [0.4, 0.5) is 4.39 Å². The summed E-state index contributed by atoms with van der Waals surface area (Å²) < 4.78 is 12.9. The van der Waals surface area contributed by atoms with Gasteiger partial charge in [-0.15, -0.1) is 11.3 Å². The number of aromatic nitrogens is 1. The van der Waals surface area contributed by atoms with Crippen molar-refractivity contribution >= 4 is 17.2 Å². The highest BCUT2D eigenvalue weighted by Gasteiger charge is 2.20. The van der Waals surface area contributed by atoms with Gasteiger partial charge in [-0.3, -0.25) is 4.79 Å². The predicted octanol–water partition coefficient (Wildman–Crippen LogP) is 2.71. The van der Waals surface area contributed by atoms with E-state index in [0.29, 0.717) is 6.54 Å². The molecule has 1 fully saturated rings. The van der Waals surface area contributed by atoms with Crippen molar-refractivity contribution in [2.45, 2.75) is 31.8 Å². The Hall–Kier alpha value is -1.79. The highest BCUT2D eigenvalue weighted by Crippen LogP contribution is 2.23. The van der Waals surface area contributed by atoms with Crippen molar-refractivity contribution in [2.24, 2.45) is 0 Å². The van der Waals surface area contributed by atoms with Crippen LogP contribution < -0.4 is 10.6 Å². The van der Waals surface area contributed by atoms with Gasteiger partial charge < -0.3 is 10.6 Å². The van der Waals surface area contributed by atoms with E-state index in [-0.39, 0.29) is 17.8 Å². The maximum atomic E-state index is 12.9. The summed E-state index contributed by atoms with van der Waals surface area (Å²) in [5, 5.41) is 9.02. The zero-order valence-corrected chi connectivity index (χ0v) is 13.0. The van der Waals surface area contributed by atoms with Crippen molar-refractivity contribution < 1.29 is 9.18 Å². The third kappa shape index (κ3) is 3.69. The van der Waals surface area contributed by atoms with Gasteiger partial charge in [0, 0.05) is 24.0 Å². The molecule has 1 saturated heterocycles. The van der Waals surface area contributed by atoms with E-state index in [1.165, 1.54) is 23.5 Å². The molecule has 4 nitrogen and oxygen atoms in total. The third-order valence-electron chi connectivity index (χ3n) is 3.71. The van der Waals surface area contributed by atoms with Crippen molar-refractivity contribution in [3.8, 4) is 10.6 Å². The number of benzene rings is 1. The van der Waals surface area contributed by atoms with Crippen LogP contribution in [0, 0.1) is 5.82 Å². The van der Waals surface area contributed by atoms with Crippen LogP contribution in [0.2, 0.25) is 0 Å². The average molecular weight is 319 g/mol. The standard InChI is InChI=1S/C16H18FN3OS/c17-12-6-4-11(5-7-12)16-20-13(10-22-16)9-19-14-3-1-2-8-18-15(14)21/h4-7,10,14,19H,1-3,8-9H2,(H,18,21)/t14-/m0/s1. The molecular weight excluding hydrogens is 301 g/mol. The van der Waals surface area contributed by atoms with Gasteiger partial charge in [-0.25, -0.2) is 9.37 Å². The SMILES string of the molecule is O=C1NCCCC[C@@H]1NCc1csc(-c2ccc(F)cc2)n1. The van der Waals surface area contributed by atoms with Gasteiger partial charge in [0.25, 0.3) is 0 Å². The van der Waals surface area contributed by atoms with Crippen LogP contribution in [0.1, 0.15) is 25.0 Å². The molecule has 1 aliphatic rings. The van der Waals surface area contributed by atoms with E-state index in [1.807, 2.05) is 5.38 Å². The average Bonchev–Trinajstić information content (AvgIpc) is 2.90. The Kier molecular flexibility index (Phi) is 4.80. The molecule has 22 heavy (non-hydrogen) atoms. The second kappa shape index (κ2) is 6.98. The molecule has 0 radical (unpaired) electrons. The Labute approximate surface area is 132 Å². The molecule has 1 aliphatic heterocycles. The lowest BCUT2D eigenvalue weighted by atomic mass is 10.1. The third-order valence-corrected chi connectivity index (χ3v) is 4.65. The summed E-state index contributed by atoms with van der Waals surface area (Å²) in [4.78, 5) is 16.4. The molecule has 2 aromatic rings. The molecule has 3 rings (SSSR count). The Bertz CT molecular complexity index is 641. The number of carbonyl (C=O) groups is 1. The quantitative estimate of drug-likeness (QED) is 0.911. The lowest BCUT2D eigenvalue weighted by Crippen LogP contribution is -2.42. The van der Waals surface area contributed by atoms with E-state index in [9.17, 15) is 9.18 Å². The minimum absolute atomic E-state index is 0.0755. The molecule has 116 valence electrons. The first-order valence-corrected chi connectivity index (χ1v) is 8.32. The van der Waals surface area contributed by atoms with Crippen molar-refractivity contribution in [3.63, 3.8) is 0 Å². The molecule has 1 aromatic carbocycles. The van der Waals surface area contributed by atoms with Crippen molar-refractivity contribution in [3.05, 3.63) is 41.2 Å². The summed E-state index contributed by atoms with van der Waals surface area (Å²) in [7, 11) is 0. The van der Waals surface area contributed by atoms with Gasteiger partial charge in [0.1, 0.15) is 10.8 Å². The number of rotatable bonds is 4. The zero-order valence-electron chi connectivity index (χ0n) is 12.1. The molecule has 1 aromatic heterocycles. The zero-order chi connectivity index (χ0) is 15.4. The van der Waals surface area contributed by atoms with Crippen LogP contribution in [0.15, 0.2) is 29.6 Å². The van der Waals surface area contributed by atoms with Crippen molar-refractivity contribution in [1.29, 1.82) is 0 Å². The van der Waals surface area contributed by atoms with Crippen LogP contribution in [0.5, 0.6) is 0 Å². The number of nitrogens with zero attached hydrogens (tertiary/aromatic N) is 1. The van der Waals surface area contributed by atoms with Gasteiger partial charge >= 0.3 is 0 Å². The van der Waals surface area contributed by atoms with Crippen LogP contribution >= 0.6 is 11.3 Å². The maximum absolute atomic E-state index is 12.9. The first kappa shape index (κ1) is 15.1. The summed E-state index contributed by atoms with van der Waals surface area (Å²) in [6.45, 7) is 1.33. The lowest BCUT2D eigenvalue weighted by Gasteiger charge is -2.13. The van der Waals surface area contributed by atoms with Crippen molar-refractivity contribution in [1.82, 2.24) is 15.6 Å². The fraction of sp³-hybridized carbons (Fsp3) is 0.375. The lowest BCUT2D eigenvalue weighted by molar-refractivity contribution is -0.122. The molecule has 0 spiro atoms. The summed E-state index contributed by atoms with van der Waals surface area (Å²) in [5.41, 5.74) is 1.81. The molecule has 0 bridgehead atoms. The monoisotopic (exact) mass is 319 g/mol. The first-order valence-electron chi connectivity index (χ1n) is 7.44. The smallest absolute Gasteiger partial charge is 0.237 e. The minimum atomic E-state index is -0.249. The molecule has 0 saturated carbocycles. The largest absolute Gasteiger partial charge is 0.355 e. The van der Waals surface area contributed by atoms with Crippen LogP contribution in [0.25, 0.3) is 10.6 Å².